The molecule has 1 aliphatic rings. The van der Waals surface area contributed by atoms with Gasteiger partial charge in [-0.15, -0.1) is 0 Å². The van der Waals surface area contributed by atoms with Crippen molar-refractivity contribution in [1.29, 1.82) is 0 Å². The highest BCUT2D eigenvalue weighted by molar-refractivity contribution is 5.69. The van der Waals surface area contributed by atoms with Crippen LogP contribution < -0.4 is 5.32 Å². The molecule has 0 atom stereocenters. The molecule has 0 aliphatic carbocycles. The van der Waals surface area contributed by atoms with Gasteiger partial charge in [-0.05, 0) is 0 Å². The second-order valence-electron chi connectivity index (χ2n) is 2.58. The minimum absolute atomic E-state index is 0.217. The first-order valence-corrected chi connectivity index (χ1v) is 3.73. The Labute approximate surface area is 70.9 Å². The molecule has 1 aromatic rings. The van der Waals surface area contributed by atoms with Gasteiger partial charge in [-0.2, -0.15) is 0 Å². The van der Waals surface area contributed by atoms with Gasteiger partial charge < -0.3 is 5.11 Å². The molecular formula is C10H8NO. The molecule has 1 aliphatic heterocycles. The predicted octanol–water partition coefficient (Wildman–Crippen LogP) is 2.04. The number of aliphatic hydroxyl groups is 1. The minimum Gasteiger partial charge on any atom is -0.506 e. The standard InChI is InChI=1S/C10H8NO/c12-9-6-10(11-7-9)8-4-2-1-3-5-8/h1-7,12H. The summed E-state index contributed by atoms with van der Waals surface area (Å²) in [5.41, 5.74) is 1.84. The van der Waals surface area contributed by atoms with E-state index in [0.29, 0.717) is 0 Å². The third-order valence-electron chi connectivity index (χ3n) is 1.69. The van der Waals surface area contributed by atoms with Crippen molar-refractivity contribution in [2.24, 2.45) is 0 Å². The first kappa shape index (κ1) is 6.98. The lowest BCUT2D eigenvalue weighted by Crippen LogP contribution is -1.90. The van der Waals surface area contributed by atoms with Crippen LogP contribution in [-0.2, 0) is 0 Å². The Morgan fingerprint density at radius 1 is 1.08 bits per heavy atom. The van der Waals surface area contributed by atoms with Crippen LogP contribution in [-0.4, -0.2) is 5.11 Å². The van der Waals surface area contributed by atoms with E-state index in [0.717, 1.165) is 11.3 Å². The van der Waals surface area contributed by atoms with Crippen molar-refractivity contribution in [3.05, 3.63) is 53.9 Å². The van der Waals surface area contributed by atoms with Gasteiger partial charge in [0.05, 0.1) is 11.9 Å². The van der Waals surface area contributed by atoms with Gasteiger partial charge in [0, 0.05) is 11.6 Å². The van der Waals surface area contributed by atoms with Crippen LogP contribution in [0.5, 0.6) is 0 Å². The predicted molar refractivity (Wildman–Crippen MR) is 47.3 cm³/mol. The highest BCUT2D eigenvalue weighted by Crippen LogP contribution is 2.18. The van der Waals surface area contributed by atoms with E-state index in [-0.39, 0.29) is 5.76 Å². The first-order chi connectivity index (χ1) is 5.86. The van der Waals surface area contributed by atoms with Gasteiger partial charge in [0.15, 0.2) is 0 Å². The average Bonchev–Trinajstić information content (AvgIpc) is 2.54. The van der Waals surface area contributed by atoms with Crippen LogP contribution in [0, 0.1) is 0 Å². The van der Waals surface area contributed by atoms with Crippen LogP contribution in [0.1, 0.15) is 5.56 Å². The number of hydrogen-bond acceptors (Lipinski definition) is 1. The van der Waals surface area contributed by atoms with Crippen molar-refractivity contribution < 1.29 is 5.11 Å². The zero-order valence-corrected chi connectivity index (χ0v) is 6.44. The van der Waals surface area contributed by atoms with Gasteiger partial charge in [0.2, 0.25) is 0 Å². The van der Waals surface area contributed by atoms with Crippen LogP contribution in [0.25, 0.3) is 5.70 Å². The molecule has 1 N–H and O–H groups in total. The summed E-state index contributed by atoms with van der Waals surface area (Å²) in [6, 6.07) is 9.76. The van der Waals surface area contributed by atoms with E-state index in [1.807, 2.05) is 30.3 Å². The molecule has 0 fully saturated rings. The summed E-state index contributed by atoms with van der Waals surface area (Å²) < 4.78 is 0. The zero-order chi connectivity index (χ0) is 8.39. The summed E-state index contributed by atoms with van der Waals surface area (Å²) in [6.45, 7) is 0. The summed E-state index contributed by atoms with van der Waals surface area (Å²) in [4.78, 5) is 0. The number of rotatable bonds is 1. The molecule has 0 unspecified atom stereocenters. The van der Waals surface area contributed by atoms with Crippen LogP contribution >= 0.6 is 0 Å². The Morgan fingerprint density at radius 3 is 2.42 bits per heavy atom. The quantitative estimate of drug-likeness (QED) is 0.666. The molecule has 0 aromatic heterocycles. The van der Waals surface area contributed by atoms with Crippen LogP contribution in [0.3, 0.4) is 0 Å². The van der Waals surface area contributed by atoms with E-state index in [9.17, 15) is 0 Å². The molecule has 1 aromatic carbocycles. The normalized spacial score (nSPS) is 15.0. The van der Waals surface area contributed by atoms with Gasteiger partial charge in [-0.25, -0.2) is 0 Å². The van der Waals surface area contributed by atoms with Gasteiger partial charge in [-0.1, -0.05) is 30.3 Å². The molecule has 0 spiro atoms. The van der Waals surface area contributed by atoms with E-state index in [2.05, 4.69) is 5.32 Å². The Kier molecular flexibility index (Phi) is 1.59. The number of allylic oxidation sites excluding steroid dienone is 1. The summed E-state index contributed by atoms with van der Waals surface area (Å²) in [5, 5.41) is 13.1. The highest BCUT2D eigenvalue weighted by Gasteiger charge is 2.07. The fourth-order valence-corrected chi connectivity index (χ4v) is 1.12. The molecular weight excluding hydrogens is 150 g/mol. The maximum absolute atomic E-state index is 9.05. The van der Waals surface area contributed by atoms with Crippen molar-refractivity contribution in [2.75, 3.05) is 0 Å². The molecule has 1 heterocycles. The van der Waals surface area contributed by atoms with Crippen LogP contribution in [0.2, 0.25) is 0 Å². The summed E-state index contributed by atoms with van der Waals surface area (Å²) in [5.74, 6) is 0.217. The highest BCUT2D eigenvalue weighted by atomic mass is 16.3. The second kappa shape index (κ2) is 2.74. The number of nitrogens with zero attached hydrogens (tertiary/aromatic N) is 1. The molecule has 2 heteroatoms. The number of benzene rings is 1. The SMILES string of the molecule is OC1=C[N]C(c2ccccc2)=C1. The lowest BCUT2D eigenvalue weighted by atomic mass is 10.1. The van der Waals surface area contributed by atoms with E-state index < -0.39 is 0 Å². The maximum Gasteiger partial charge on any atom is 0.136 e. The molecule has 2 nitrogen and oxygen atoms in total. The zero-order valence-electron chi connectivity index (χ0n) is 6.44. The van der Waals surface area contributed by atoms with E-state index >= 15 is 0 Å². The third kappa shape index (κ3) is 1.19. The van der Waals surface area contributed by atoms with E-state index in [1.165, 1.54) is 6.20 Å². The van der Waals surface area contributed by atoms with Gasteiger partial charge in [0.1, 0.15) is 5.76 Å². The van der Waals surface area contributed by atoms with E-state index in [1.54, 1.807) is 6.08 Å². The fraction of sp³-hybridized carbons (Fsp3) is 0. The number of aliphatic hydroxyl groups excluding tert-OH is 1. The van der Waals surface area contributed by atoms with Crippen molar-refractivity contribution in [2.45, 2.75) is 0 Å². The molecule has 0 saturated carbocycles. The fourth-order valence-electron chi connectivity index (χ4n) is 1.12. The van der Waals surface area contributed by atoms with Crippen LogP contribution in [0.4, 0.5) is 0 Å². The van der Waals surface area contributed by atoms with Gasteiger partial charge in [0.25, 0.3) is 0 Å². The molecule has 0 amide bonds. The lowest BCUT2D eigenvalue weighted by Gasteiger charge is -1.98. The minimum atomic E-state index is 0.217. The van der Waals surface area contributed by atoms with Gasteiger partial charge >= 0.3 is 0 Å². The Hall–Kier alpha value is -1.70. The third-order valence-corrected chi connectivity index (χ3v) is 1.69. The Balaban J connectivity index is 2.30. The molecule has 2 rings (SSSR count). The summed E-state index contributed by atoms with van der Waals surface area (Å²) in [6.07, 6.45) is 3.09. The molecule has 0 saturated heterocycles. The van der Waals surface area contributed by atoms with Crippen molar-refractivity contribution in [3.63, 3.8) is 0 Å². The topological polar surface area (TPSA) is 34.3 Å². The maximum atomic E-state index is 9.05. The monoisotopic (exact) mass is 158 g/mol. The smallest absolute Gasteiger partial charge is 0.136 e. The van der Waals surface area contributed by atoms with Crippen LogP contribution in [0.15, 0.2) is 48.4 Å². The van der Waals surface area contributed by atoms with Crippen molar-refractivity contribution in [1.82, 2.24) is 5.32 Å². The second-order valence-corrected chi connectivity index (χ2v) is 2.58. The average molecular weight is 158 g/mol. The molecule has 0 bridgehead atoms. The largest absolute Gasteiger partial charge is 0.506 e. The van der Waals surface area contributed by atoms with E-state index in [4.69, 9.17) is 5.11 Å². The summed E-state index contributed by atoms with van der Waals surface area (Å²) in [7, 11) is 0. The van der Waals surface area contributed by atoms with Crippen molar-refractivity contribution in [3.8, 4) is 0 Å². The van der Waals surface area contributed by atoms with Gasteiger partial charge in [-0.3, -0.25) is 5.32 Å². The number of hydrogen-bond donors (Lipinski definition) is 1. The Morgan fingerprint density at radius 2 is 1.83 bits per heavy atom. The Bertz CT molecular complexity index is 338. The van der Waals surface area contributed by atoms with Crippen molar-refractivity contribution >= 4 is 5.70 Å². The first-order valence-electron chi connectivity index (χ1n) is 3.73. The lowest BCUT2D eigenvalue weighted by molar-refractivity contribution is 0.433. The summed E-state index contributed by atoms with van der Waals surface area (Å²) >= 11 is 0. The molecule has 59 valence electrons. The molecule has 12 heavy (non-hydrogen) atoms. The molecule has 1 radical (unpaired) electrons.